The summed E-state index contributed by atoms with van der Waals surface area (Å²) in [6, 6.07) is 1.41. The highest BCUT2D eigenvalue weighted by Gasteiger charge is 2.32. The number of piperidine rings is 1. The maximum atomic E-state index is 13.9. The summed E-state index contributed by atoms with van der Waals surface area (Å²) in [5.41, 5.74) is -0.0985. The number of halogens is 3. The molecular weight excluding hydrogens is 295 g/mol. The highest BCUT2D eigenvalue weighted by Crippen LogP contribution is 2.26. The zero-order valence-corrected chi connectivity index (χ0v) is 12.5. The zero-order valence-electron chi connectivity index (χ0n) is 12.5. The van der Waals surface area contributed by atoms with Crippen molar-refractivity contribution in [2.45, 2.75) is 38.6 Å². The monoisotopic (exact) mass is 316 g/mol. The number of benzene rings is 1. The van der Waals surface area contributed by atoms with Gasteiger partial charge in [0, 0.05) is 18.6 Å². The van der Waals surface area contributed by atoms with E-state index in [1.165, 1.54) is 0 Å². The summed E-state index contributed by atoms with van der Waals surface area (Å²) < 4.78 is 41.3. The first kappa shape index (κ1) is 16.8. The van der Waals surface area contributed by atoms with Crippen molar-refractivity contribution in [3.63, 3.8) is 0 Å². The molecule has 0 unspecified atom stereocenters. The van der Waals surface area contributed by atoms with Gasteiger partial charge in [-0.1, -0.05) is 0 Å². The number of nitrogens with zero attached hydrogens (tertiary/aromatic N) is 1. The van der Waals surface area contributed by atoms with Crippen molar-refractivity contribution in [1.29, 1.82) is 0 Å². The molecule has 22 heavy (non-hydrogen) atoms. The van der Waals surface area contributed by atoms with Crippen molar-refractivity contribution >= 4 is 5.97 Å². The van der Waals surface area contributed by atoms with Gasteiger partial charge in [0.25, 0.3) is 0 Å². The summed E-state index contributed by atoms with van der Waals surface area (Å²) in [5, 5.41) is 8.77. The molecule has 1 aliphatic rings. The maximum absolute atomic E-state index is 13.9. The van der Waals surface area contributed by atoms with Gasteiger partial charge >= 0.3 is 5.97 Å². The zero-order chi connectivity index (χ0) is 16.2. The number of quaternary nitrogens is 1. The molecule has 3 nitrogen and oxygen atoms in total. The molecule has 1 fully saturated rings. The van der Waals surface area contributed by atoms with E-state index in [0.717, 1.165) is 32.4 Å². The molecule has 1 aromatic rings. The Labute approximate surface area is 127 Å². The summed E-state index contributed by atoms with van der Waals surface area (Å²) >= 11 is 0. The van der Waals surface area contributed by atoms with E-state index in [4.69, 9.17) is 5.11 Å². The van der Waals surface area contributed by atoms with Crippen LogP contribution in [0.5, 0.6) is 0 Å². The standard InChI is InChI=1S/C16H20F3NO2/c17-12-9-14(18)13(15(19)10-12)11-20(6-2-1-3-7-20)8-4-5-16(21)22/h9-10H,1-8,11H2/p+1. The summed E-state index contributed by atoms with van der Waals surface area (Å²) in [7, 11) is 0. The van der Waals surface area contributed by atoms with Crippen LogP contribution in [0.2, 0.25) is 0 Å². The molecule has 122 valence electrons. The van der Waals surface area contributed by atoms with Crippen LogP contribution in [-0.2, 0) is 11.3 Å². The second-order valence-electron chi connectivity index (χ2n) is 6.08. The van der Waals surface area contributed by atoms with Gasteiger partial charge in [0.15, 0.2) is 0 Å². The molecule has 1 aliphatic heterocycles. The highest BCUT2D eigenvalue weighted by molar-refractivity contribution is 5.66. The molecule has 0 aliphatic carbocycles. The number of carboxylic acid groups (broad SMARTS) is 1. The van der Waals surface area contributed by atoms with Crippen molar-refractivity contribution in [3.05, 3.63) is 35.1 Å². The molecular formula is C16H21F3NO2+. The van der Waals surface area contributed by atoms with Crippen molar-refractivity contribution in [1.82, 2.24) is 0 Å². The van der Waals surface area contributed by atoms with E-state index in [1.54, 1.807) is 0 Å². The van der Waals surface area contributed by atoms with Gasteiger partial charge in [-0.15, -0.1) is 0 Å². The van der Waals surface area contributed by atoms with Gasteiger partial charge in [-0.2, -0.15) is 0 Å². The molecule has 0 aromatic heterocycles. The van der Waals surface area contributed by atoms with E-state index >= 15 is 0 Å². The average Bonchev–Trinajstić information content (AvgIpc) is 2.43. The topological polar surface area (TPSA) is 37.3 Å². The molecule has 1 saturated heterocycles. The lowest BCUT2D eigenvalue weighted by atomic mass is 10.0. The summed E-state index contributed by atoms with van der Waals surface area (Å²) in [5.74, 6) is -3.51. The van der Waals surface area contributed by atoms with Crippen LogP contribution in [0.4, 0.5) is 13.2 Å². The molecule has 1 N–H and O–H groups in total. The minimum atomic E-state index is -0.921. The first-order valence-corrected chi connectivity index (χ1v) is 7.62. The van der Waals surface area contributed by atoms with Crippen LogP contribution in [0.15, 0.2) is 12.1 Å². The van der Waals surface area contributed by atoms with Crippen molar-refractivity contribution in [2.24, 2.45) is 0 Å². The fourth-order valence-electron chi connectivity index (χ4n) is 3.27. The SMILES string of the molecule is O=C(O)CCC[N+]1(Cc2c(F)cc(F)cc2F)CCCCC1. The van der Waals surface area contributed by atoms with Crippen LogP contribution in [0, 0.1) is 17.5 Å². The lowest BCUT2D eigenvalue weighted by Crippen LogP contribution is -2.51. The third kappa shape index (κ3) is 4.22. The van der Waals surface area contributed by atoms with E-state index in [2.05, 4.69) is 0 Å². The van der Waals surface area contributed by atoms with E-state index in [-0.39, 0.29) is 18.5 Å². The fraction of sp³-hybridized carbons (Fsp3) is 0.562. The van der Waals surface area contributed by atoms with E-state index in [9.17, 15) is 18.0 Å². The maximum Gasteiger partial charge on any atom is 0.303 e. The van der Waals surface area contributed by atoms with E-state index in [1.807, 2.05) is 0 Å². The Bertz CT molecular complexity index is 519. The quantitative estimate of drug-likeness (QED) is 0.816. The Morgan fingerprint density at radius 3 is 2.23 bits per heavy atom. The number of aliphatic carboxylic acids is 1. The molecule has 1 heterocycles. The van der Waals surface area contributed by atoms with Gasteiger partial charge in [-0.25, -0.2) is 13.2 Å². The molecule has 0 amide bonds. The molecule has 0 radical (unpaired) electrons. The smallest absolute Gasteiger partial charge is 0.303 e. The number of carbonyl (C=O) groups is 1. The number of rotatable bonds is 6. The molecule has 0 atom stereocenters. The normalized spacial score (nSPS) is 17.4. The Morgan fingerprint density at radius 2 is 1.68 bits per heavy atom. The van der Waals surface area contributed by atoms with Crippen LogP contribution in [-0.4, -0.2) is 35.2 Å². The van der Waals surface area contributed by atoms with Crippen LogP contribution >= 0.6 is 0 Å². The predicted molar refractivity (Wildman–Crippen MR) is 75.6 cm³/mol. The first-order valence-electron chi connectivity index (χ1n) is 7.62. The molecule has 0 spiro atoms. The summed E-state index contributed by atoms with van der Waals surface area (Å²) in [6.45, 7) is 2.27. The van der Waals surface area contributed by atoms with Crippen molar-refractivity contribution in [3.8, 4) is 0 Å². The average molecular weight is 316 g/mol. The lowest BCUT2D eigenvalue weighted by molar-refractivity contribution is -0.945. The number of carboxylic acids is 1. The Hall–Kier alpha value is -1.56. The minimum Gasteiger partial charge on any atom is -0.481 e. The van der Waals surface area contributed by atoms with Crippen LogP contribution in [0.3, 0.4) is 0 Å². The molecule has 6 heteroatoms. The fourth-order valence-corrected chi connectivity index (χ4v) is 3.27. The third-order valence-electron chi connectivity index (χ3n) is 4.39. The minimum absolute atomic E-state index is 0.0500. The lowest BCUT2D eigenvalue weighted by Gasteiger charge is -2.42. The van der Waals surface area contributed by atoms with Gasteiger partial charge in [0.1, 0.15) is 24.0 Å². The first-order chi connectivity index (χ1) is 10.4. The second kappa shape index (κ2) is 7.13. The Balaban J connectivity index is 2.17. The number of hydrogen-bond acceptors (Lipinski definition) is 1. The van der Waals surface area contributed by atoms with Gasteiger partial charge in [0.05, 0.1) is 31.6 Å². The van der Waals surface area contributed by atoms with Crippen LogP contribution in [0.1, 0.15) is 37.7 Å². The second-order valence-corrected chi connectivity index (χ2v) is 6.08. The van der Waals surface area contributed by atoms with Crippen molar-refractivity contribution in [2.75, 3.05) is 19.6 Å². The molecule has 2 rings (SSSR count). The van der Waals surface area contributed by atoms with Gasteiger partial charge in [-0.3, -0.25) is 4.79 Å². The molecule has 1 aromatic carbocycles. The molecule has 0 bridgehead atoms. The third-order valence-corrected chi connectivity index (χ3v) is 4.39. The number of likely N-dealkylation sites (tertiary alicyclic amines) is 1. The van der Waals surface area contributed by atoms with Gasteiger partial charge < -0.3 is 9.59 Å². The summed E-state index contributed by atoms with van der Waals surface area (Å²) in [6.07, 6.45) is 3.51. The summed E-state index contributed by atoms with van der Waals surface area (Å²) in [4.78, 5) is 10.7. The van der Waals surface area contributed by atoms with Crippen LogP contribution in [0.25, 0.3) is 0 Å². The Morgan fingerprint density at radius 1 is 1.09 bits per heavy atom. The van der Waals surface area contributed by atoms with Crippen molar-refractivity contribution < 1.29 is 27.6 Å². The van der Waals surface area contributed by atoms with Crippen LogP contribution < -0.4 is 0 Å². The number of hydrogen-bond donors (Lipinski definition) is 1. The van der Waals surface area contributed by atoms with Gasteiger partial charge in [-0.05, 0) is 19.3 Å². The Kier molecular flexibility index (Phi) is 5.45. The molecule has 0 saturated carbocycles. The van der Waals surface area contributed by atoms with Gasteiger partial charge in [0.2, 0.25) is 0 Å². The largest absolute Gasteiger partial charge is 0.481 e. The van der Waals surface area contributed by atoms with E-state index in [0.29, 0.717) is 29.6 Å². The van der Waals surface area contributed by atoms with E-state index < -0.39 is 23.4 Å². The highest BCUT2D eigenvalue weighted by atomic mass is 19.1. The predicted octanol–water partition coefficient (Wildman–Crippen LogP) is 3.47.